The van der Waals surface area contributed by atoms with Crippen molar-refractivity contribution in [3.05, 3.63) is 0 Å². The number of nitrogens with zero attached hydrogens (tertiary/aromatic N) is 1. The van der Waals surface area contributed by atoms with Crippen molar-refractivity contribution in [2.75, 3.05) is 32.8 Å². The number of hydrogen-bond donors (Lipinski definition) is 1. The summed E-state index contributed by atoms with van der Waals surface area (Å²) in [7, 11) is 0. The Morgan fingerprint density at radius 1 is 1.56 bits per heavy atom. The van der Waals surface area contributed by atoms with Crippen molar-refractivity contribution < 1.29 is 14.3 Å². The van der Waals surface area contributed by atoms with Crippen LogP contribution in [0.4, 0.5) is 4.79 Å². The molecule has 5 nitrogen and oxygen atoms in total. The first-order valence-corrected chi connectivity index (χ1v) is 6.62. The van der Waals surface area contributed by atoms with Crippen LogP contribution in [0.2, 0.25) is 0 Å². The molecule has 6 heteroatoms. The first-order valence-electron chi connectivity index (χ1n) is 6.21. The Kier molecular flexibility index (Phi) is 5.81. The van der Waals surface area contributed by atoms with Crippen molar-refractivity contribution in [3.63, 3.8) is 0 Å². The predicted molar refractivity (Wildman–Crippen MR) is 73.8 cm³/mol. The first kappa shape index (κ1) is 15.2. The van der Waals surface area contributed by atoms with Crippen LogP contribution in [-0.2, 0) is 9.47 Å². The summed E-state index contributed by atoms with van der Waals surface area (Å²) < 4.78 is 10.4. The van der Waals surface area contributed by atoms with Crippen molar-refractivity contribution in [2.24, 2.45) is 0 Å². The van der Waals surface area contributed by atoms with Gasteiger partial charge in [-0.1, -0.05) is 12.2 Å². The van der Waals surface area contributed by atoms with Crippen LogP contribution in [0.5, 0.6) is 0 Å². The van der Waals surface area contributed by atoms with Gasteiger partial charge in [-0.3, -0.25) is 0 Å². The molecule has 1 heterocycles. The van der Waals surface area contributed by atoms with Crippen LogP contribution in [0.25, 0.3) is 0 Å². The maximum atomic E-state index is 11.4. The SMILES string of the molecule is CC(C)(C)OC(=O)NCCCN1CCOCC1=S. The lowest BCUT2D eigenvalue weighted by atomic mass is 10.2. The van der Waals surface area contributed by atoms with E-state index < -0.39 is 5.60 Å². The lowest BCUT2D eigenvalue weighted by Gasteiger charge is -2.29. The molecule has 1 aliphatic heterocycles. The molecule has 0 unspecified atom stereocenters. The summed E-state index contributed by atoms with van der Waals surface area (Å²) in [5.74, 6) is 0. The Bertz CT molecular complexity index is 302. The van der Waals surface area contributed by atoms with Gasteiger partial charge in [0.25, 0.3) is 0 Å². The fourth-order valence-electron chi connectivity index (χ4n) is 1.56. The van der Waals surface area contributed by atoms with Gasteiger partial charge >= 0.3 is 6.09 Å². The van der Waals surface area contributed by atoms with Crippen molar-refractivity contribution in [1.82, 2.24) is 10.2 Å². The largest absolute Gasteiger partial charge is 0.444 e. The Morgan fingerprint density at radius 3 is 2.89 bits per heavy atom. The molecule has 0 atom stereocenters. The minimum absolute atomic E-state index is 0.368. The van der Waals surface area contributed by atoms with Crippen molar-refractivity contribution in [2.45, 2.75) is 32.8 Å². The highest BCUT2D eigenvalue weighted by molar-refractivity contribution is 7.80. The Morgan fingerprint density at radius 2 is 2.28 bits per heavy atom. The second-order valence-electron chi connectivity index (χ2n) is 5.22. The monoisotopic (exact) mass is 274 g/mol. The number of nitrogens with one attached hydrogen (secondary N) is 1. The number of carbonyl (C=O) groups is 1. The molecule has 1 amide bonds. The topological polar surface area (TPSA) is 50.8 Å². The Balaban J connectivity index is 2.11. The molecule has 18 heavy (non-hydrogen) atoms. The van der Waals surface area contributed by atoms with Gasteiger partial charge in [-0.2, -0.15) is 0 Å². The number of ether oxygens (including phenoxy) is 2. The lowest BCUT2D eigenvalue weighted by molar-refractivity contribution is 0.0525. The van der Waals surface area contributed by atoms with E-state index in [4.69, 9.17) is 21.7 Å². The minimum atomic E-state index is -0.449. The van der Waals surface area contributed by atoms with E-state index in [1.807, 2.05) is 20.8 Å². The zero-order chi connectivity index (χ0) is 13.6. The molecular weight excluding hydrogens is 252 g/mol. The van der Waals surface area contributed by atoms with Crippen LogP contribution in [0.1, 0.15) is 27.2 Å². The zero-order valence-corrected chi connectivity index (χ0v) is 12.1. The lowest BCUT2D eigenvalue weighted by Crippen LogP contribution is -2.42. The molecule has 1 saturated heterocycles. The fourth-order valence-corrected chi connectivity index (χ4v) is 1.83. The standard InChI is InChI=1S/C12H22N2O3S/c1-12(2,3)17-11(15)13-5-4-6-14-7-8-16-9-10(14)18/h4-9H2,1-3H3,(H,13,15). The van der Waals surface area contributed by atoms with Gasteiger partial charge < -0.3 is 19.7 Å². The molecule has 0 aromatic rings. The van der Waals surface area contributed by atoms with Gasteiger partial charge in [0.05, 0.1) is 13.2 Å². The number of alkyl carbamates (subject to hydrolysis) is 1. The van der Waals surface area contributed by atoms with E-state index in [0.29, 0.717) is 13.2 Å². The second-order valence-corrected chi connectivity index (χ2v) is 5.69. The molecule has 104 valence electrons. The van der Waals surface area contributed by atoms with Gasteiger partial charge in [0.1, 0.15) is 10.6 Å². The summed E-state index contributed by atoms with van der Waals surface area (Å²) in [5.41, 5.74) is -0.449. The Labute approximate surface area is 114 Å². The average Bonchev–Trinajstić information content (AvgIpc) is 2.24. The van der Waals surface area contributed by atoms with E-state index in [0.717, 1.165) is 31.1 Å². The van der Waals surface area contributed by atoms with Crippen LogP contribution in [0, 0.1) is 0 Å². The molecule has 0 radical (unpaired) electrons. The number of morpholine rings is 1. The van der Waals surface area contributed by atoms with Crippen molar-refractivity contribution in [1.29, 1.82) is 0 Å². The molecular formula is C12H22N2O3S. The maximum absolute atomic E-state index is 11.4. The van der Waals surface area contributed by atoms with E-state index in [1.54, 1.807) is 0 Å². The highest BCUT2D eigenvalue weighted by Crippen LogP contribution is 2.06. The first-order chi connectivity index (χ1) is 8.38. The van der Waals surface area contributed by atoms with E-state index in [2.05, 4.69) is 10.2 Å². The van der Waals surface area contributed by atoms with Gasteiger partial charge in [0.15, 0.2) is 0 Å². The molecule has 1 fully saturated rings. The number of carbonyl (C=O) groups excluding carboxylic acids is 1. The average molecular weight is 274 g/mol. The number of thiocarbonyl (C=S) groups is 1. The number of hydrogen-bond acceptors (Lipinski definition) is 4. The fraction of sp³-hybridized carbons (Fsp3) is 0.833. The third-order valence-corrected chi connectivity index (χ3v) is 2.73. The summed E-state index contributed by atoms with van der Waals surface area (Å²) in [5, 5.41) is 2.73. The predicted octanol–water partition coefficient (Wildman–Crippen LogP) is 1.56. The summed E-state index contributed by atoms with van der Waals surface area (Å²) in [6.45, 7) is 9.07. The third-order valence-electron chi connectivity index (χ3n) is 2.36. The molecule has 0 spiro atoms. The smallest absolute Gasteiger partial charge is 0.407 e. The number of amides is 1. The van der Waals surface area contributed by atoms with Gasteiger partial charge in [0.2, 0.25) is 0 Å². The highest BCUT2D eigenvalue weighted by Gasteiger charge is 2.16. The van der Waals surface area contributed by atoms with Gasteiger partial charge in [-0.15, -0.1) is 0 Å². The van der Waals surface area contributed by atoms with Crippen molar-refractivity contribution >= 4 is 23.3 Å². The van der Waals surface area contributed by atoms with E-state index in [9.17, 15) is 4.79 Å². The normalized spacial score (nSPS) is 16.6. The minimum Gasteiger partial charge on any atom is -0.444 e. The van der Waals surface area contributed by atoms with E-state index in [-0.39, 0.29) is 6.09 Å². The van der Waals surface area contributed by atoms with Crippen LogP contribution in [-0.4, -0.2) is 54.4 Å². The Hall–Kier alpha value is -0.880. The maximum Gasteiger partial charge on any atom is 0.407 e. The summed E-state index contributed by atoms with van der Waals surface area (Å²) in [4.78, 5) is 14.3. The molecule has 0 aromatic carbocycles. The van der Waals surface area contributed by atoms with Crippen LogP contribution in [0.15, 0.2) is 0 Å². The molecule has 0 bridgehead atoms. The highest BCUT2D eigenvalue weighted by atomic mass is 32.1. The van der Waals surface area contributed by atoms with Gasteiger partial charge in [-0.05, 0) is 27.2 Å². The molecule has 0 aliphatic carbocycles. The molecule has 1 aliphatic rings. The van der Waals surface area contributed by atoms with Gasteiger partial charge in [-0.25, -0.2) is 4.79 Å². The summed E-state index contributed by atoms with van der Waals surface area (Å²) in [6, 6.07) is 0. The van der Waals surface area contributed by atoms with Crippen LogP contribution >= 0.6 is 12.2 Å². The second kappa shape index (κ2) is 6.89. The molecule has 1 rings (SSSR count). The number of rotatable bonds is 4. The van der Waals surface area contributed by atoms with E-state index in [1.165, 1.54) is 0 Å². The quantitative estimate of drug-likeness (QED) is 0.623. The van der Waals surface area contributed by atoms with E-state index >= 15 is 0 Å². The van der Waals surface area contributed by atoms with Crippen molar-refractivity contribution in [3.8, 4) is 0 Å². The van der Waals surface area contributed by atoms with Crippen LogP contribution in [0.3, 0.4) is 0 Å². The molecule has 0 saturated carbocycles. The molecule has 1 N–H and O–H groups in total. The summed E-state index contributed by atoms with van der Waals surface area (Å²) in [6.07, 6.45) is 0.478. The molecule has 0 aromatic heterocycles. The summed E-state index contributed by atoms with van der Waals surface area (Å²) >= 11 is 5.19. The third kappa shape index (κ3) is 6.16. The van der Waals surface area contributed by atoms with Crippen LogP contribution < -0.4 is 5.32 Å². The zero-order valence-electron chi connectivity index (χ0n) is 11.3. The van der Waals surface area contributed by atoms with Gasteiger partial charge in [0, 0.05) is 19.6 Å².